The van der Waals surface area contributed by atoms with Crippen molar-refractivity contribution in [3.8, 4) is 0 Å². The lowest BCUT2D eigenvalue weighted by molar-refractivity contribution is 0.0459. The number of anilines is 2. The number of hydrogen-bond acceptors (Lipinski definition) is 4. The Labute approximate surface area is 115 Å². The Bertz CT molecular complexity index is 430. The molecule has 0 fully saturated rings. The average Bonchev–Trinajstić information content (AvgIpc) is 2.30. The maximum atomic E-state index is 11.9. The first-order valence-electron chi connectivity index (χ1n) is 6.66. The van der Waals surface area contributed by atoms with Crippen molar-refractivity contribution < 1.29 is 9.53 Å². The Kier molecular flexibility index (Phi) is 5.21. The molecule has 0 heterocycles. The fraction of sp³-hybridized carbons (Fsp3) is 0.533. The highest BCUT2D eigenvalue weighted by Crippen LogP contribution is 2.25. The van der Waals surface area contributed by atoms with Gasteiger partial charge in [-0.2, -0.15) is 0 Å². The van der Waals surface area contributed by atoms with Crippen LogP contribution in [0.3, 0.4) is 0 Å². The van der Waals surface area contributed by atoms with E-state index in [0.717, 1.165) is 12.0 Å². The molecule has 0 aliphatic heterocycles. The zero-order valence-electron chi connectivity index (χ0n) is 12.2. The molecule has 1 rings (SSSR count). The van der Waals surface area contributed by atoms with Gasteiger partial charge in [0, 0.05) is 11.4 Å². The summed E-state index contributed by atoms with van der Waals surface area (Å²) in [5.41, 5.74) is 14.4. The van der Waals surface area contributed by atoms with Crippen LogP contribution in [0, 0.1) is 11.8 Å². The Morgan fingerprint density at radius 1 is 1.11 bits per heavy atom. The smallest absolute Gasteiger partial charge is 0.338 e. The van der Waals surface area contributed by atoms with Crippen LogP contribution in [-0.2, 0) is 11.2 Å². The predicted molar refractivity (Wildman–Crippen MR) is 78.9 cm³/mol. The largest absolute Gasteiger partial charge is 0.462 e. The van der Waals surface area contributed by atoms with Gasteiger partial charge in [0.15, 0.2) is 0 Å². The van der Waals surface area contributed by atoms with Crippen LogP contribution in [-0.4, -0.2) is 12.6 Å². The van der Waals surface area contributed by atoms with Gasteiger partial charge < -0.3 is 16.2 Å². The van der Waals surface area contributed by atoms with Gasteiger partial charge in [0.05, 0.1) is 12.2 Å². The summed E-state index contributed by atoms with van der Waals surface area (Å²) in [4.78, 5) is 11.9. The molecule has 0 spiro atoms. The summed E-state index contributed by atoms with van der Waals surface area (Å²) < 4.78 is 5.17. The van der Waals surface area contributed by atoms with Gasteiger partial charge in [-0.1, -0.05) is 27.7 Å². The number of ether oxygens (including phenoxy) is 1. The predicted octanol–water partition coefficient (Wildman–Crippen LogP) is 2.86. The molecule has 1 aromatic carbocycles. The standard InChI is InChI=1S/C15H24N2O2/c1-9(2)5-12-13(16)6-11(7-14(12)17)15(18)19-8-10(3)4/h6-7,9-10H,5,8,16-17H2,1-4H3. The molecule has 0 saturated heterocycles. The Hall–Kier alpha value is -1.71. The minimum atomic E-state index is -0.372. The van der Waals surface area contributed by atoms with Crippen LogP contribution < -0.4 is 11.5 Å². The van der Waals surface area contributed by atoms with Crippen molar-refractivity contribution in [2.75, 3.05) is 18.1 Å². The highest BCUT2D eigenvalue weighted by atomic mass is 16.5. The first kappa shape index (κ1) is 15.3. The maximum absolute atomic E-state index is 11.9. The van der Waals surface area contributed by atoms with E-state index in [1.807, 2.05) is 13.8 Å². The number of carbonyl (C=O) groups excluding carboxylic acids is 1. The molecule has 1 aromatic rings. The molecule has 0 atom stereocenters. The van der Waals surface area contributed by atoms with E-state index >= 15 is 0 Å². The summed E-state index contributed by atoms with van der Waals surface area (Å²) in [6, 6.07) is 3.30. The lowest BCUT2D eigenvalue weighted by Crippen LogP contribution is -2.12. The SMILES string of the molecule is CC(C)COC(=O)c1cc(N)c(CC(C)C)c(N)c1. The zero-order valence-corrected chi connectivity index (χ0v) is 12.2. The van der Waals surface area contributed by atoms with Crippen LogP contribution in [0.2, 0.25) is 0 Å². The molecule has 0 bridgehead atoms. The second kappa shape index (κ2) is 6.45. The second-order valence-corrected chi connectivity index (χ2v) is 5.72. The number of nitrogens with two attached hydrogens (primary N) is 2. The molecule has 0 unspecified atom stereocenters. The first-order chi connectivity index (χ1) is 8.81. The van der Waals surface area contributed by atoms with Crippen molar-refractivity contribution in [1.29, 1.82) is 0 Å². The fourth-order valence-corrected chi connectivity index (χ4v) is 1.81. The second-order valence-electron chi connectivity index (χ2n) is 5.72. The van der Waals surface area contributed by atoms with Crippen molar-refractivity contribution >= 4 is 17.3 Å². The van der Waals surface area contributed by atoms with E-state index in [2.05, 4.69) is 13.8 Å². The van der Waals surface area contributed by atoms with Gasteiger partial charge in [-0.25, -0.2) is 4.79 Å². The minimum absolute atomic E-state index is 0.304. The molecule has 4 N–H and O–H groups in total. The Balaban J connectivity index is 2.91. The lowest BCUT2D eigenvalue weighted by atomic mass is 9.98. The van der Waals surface area contributed by atoms with Gasteiger partial charge in [0.25, 0.3) is 0 Å². The number of nitrogen functional groups attached to an aromatic ring is 2. The molecule has 0 saturated carbocycles. The van der Waals surface area contributed by atoms with Gasteiger partial charge >= 0.3 is 5.97 Å². The third-order valence-electron chi connectivity index (χ3n) is 2.71. The third kappa shape index (κ3) is 4.47. The number of esters is 1. The molecule has 4 nitrogen and oxygen atoms in total. The van der Waals surface area contributed by atoms with Gasteiger partial charge in [-0.3, -0.25) is 0 Å². The fourth-order valence-electron chi connectivity index (χ4n) is 1.81. The van der Waals surface area contributed by atoms with Crippen molar-refractivity contribution in [3.05, 3.63) is 23.3 Å². The van der Waals surface area contributed by atoms with Crippen LogP contribution >= 0.6 is 0 Å². The normalized spacial score (nSPS) is 11.1. The van der Waals surface area contributed by atoms with Crippen LogP contribution in [0.1, 0.15) is 43.6 Å². The topological polar surface area (TPSA) is 78.3 Å². The summed E-state index contributed by atoms with van der Waals surface area (Å²) in [5, 5.41) is 0. The highest BCUT2D eigenvalue weighted by Gasteiger charge is 2.14. The summed E-state index contributed by atoms with van der Waals surface area (Å²) in [7, 11) is 0. The van der Waals surface area contributed by atoms with Crippen molar-refractivity contribution in [3.63, 3.8) is 0 Å². The maximum Gasteiger partial charge on any atom is 0.338 e. The van der Waals surface area contributed by atoms with Crippen LogP contribution in [0.25, 0.3) is 0 Å². The molecule has 19 heavy (non-hydrogen) atoms. The van der Waals surface area contributed by atoms with E-state index in [9.17, 15) is 4.79 Å². The summed E-state index contributed by atoms with van der Waals surface area (Å²) >= 11 is 0. The molecule has 4 heteroatoms. The molecule has 0 aliphatic rings. The van der Waals surface area contributed by atoms with Gasteiger partial charge in [0.1, 0.15) is 0 Å². The van der Waals surface area contributed by atoms with E-state index in [4.69, 9.17) is 16.2 Å². The molecular formula is C15H24N2O2. The summed E-state index contributed by atoms with van der Waals surface area (Å²) in [6.45, 7) is 8.57. The highest BCUT2D eigenvalue weighted by molar-refractivity contribution is 5.92. The van der Waals surface area contributed by atoms with E-state index in [-0.39, 0.29) is 5.97 Å². The number of rotatable bonds is 5. The monoisotopic (exact) mass is 264 g/mol. The molecule has 0 radical (unpaired) electrons. The van der Waals surface area contributed by atoms with Crippen molar-refractivity contribution in [2.45, 2.75) is 34.1 Å². The van der Waals surface area contributed by atoms with Gasteiger partial charge in [-0.05, 0) is 36.0 Å². The zero-order chi connectivity index (χ0) is 14.6. The third-order valence-corrected chi connectivity index (χ3v) is 2.71. The number of carbonyl (C=O) groups is 1. The number of hydrogen-bond donors (Lipinski definition) is 2. The van der Waals surface area contributed by atoms with E-state index in [1.165, 1.54) is 0 Å². The molecule has 106 valence electrons. The molecule has 0 amide bonds. The molecular weight excluding hydrogens is 240 g/mol. The Morgan fingerprint density at radius 3 is 2.05 bits per heavy atom. The minimum Gasteiger partial charge on any atom is -0.462 e. The molecule has 0 aliphatic carbocycles. The van der Waals surface area contributed by atoms with Crippen LogP contribution in [0.4, 0.5) is 11.4 Å². The molecule has 0 aromatic heterocycles. The average molecular weight is 264 g/mol. The van der Waals surface area contributed by atoms with Gasteiger partial charge in [-0.15, -0.1) is 0 Å². The van der Waals surface area contributed by atoms with E-state index in [1.54, 1.807) is 12.1 Å². The summed E-state index contributed by atoms with van der Waals surface area (Å²) in [5.74, 6) is 0.394. The first-order valence-corrected chi connectivity index (χ1v) is 6.66. The Morgan fingerprint density at radius 2 is 1.63 bits per heavy atom. The van der Waals surface area contributed by atoms with E-state index < -0.39 is 0 Å². The van der Waals surface area contributed by atoms with Crippen molar-refractivity contribution in [1.82, 2.24) is 0 Å². The van der Waals surface area contributed by atoms with Crippen LogP contribution in [0.15, 0.2) is 12.1 Å². The van der Waals surface area contributed by atoms with E-state index in [0.29, 0.717) is 35.4 Å². The summed E-state index contributed by atoms with van der Waals surface area (Å²) in [6.07, 6.45) is 0.805. The van der Waals surface area contributed by atoms with Crippen LogP contribution in [0.5, 0.6) is 0 Å². The lowest BCUT2D eigenvalue weighted by Gasteiger charge is -2.14. The number of benzene rings is 1. The van der Waals surface area contributed by atoms with Crippen molar-refractivity contribution in [2.24, 2.45) is 11.8 Å². The van der Waals surface area contributed by atoms with Gasteiger partial charge in [0.2, 0.25) is 0 Å². The quantitative estimate of drug-likeness (QED) is 0.633.